The lowest BCUT2D eigenvalue weighted by Gasteiger charge is -2.22. The molecule has 0 aliphatic carbocycles. The number of aromatic nitrogens is 3. The van der Waals surface area contributed by atoms with Gasteiger partial charge in [0.05, 0.1) is 22.1 Å². The van der Waals surface area contributed by atoms with Crippen molar-refractivity contribution in [1.82, 2.24) is 14.1 Å². The highest BCUT2D eigenvalue weighted by atomic mass is 79.9. The molecule has 0 saturated carbocycles. The van der Waals surface area contributed by atoms with Crippen molar-refractivity contribution < 1.29 is 0 Å². The number of nitrogens with zero attached hydrogens (tertiary/aromatic N) is 2. The minimum Gasteiger partial charge on any atom is -0.355 e. The normalized spacial score (nSPS) is 11.6. The number of fused-ring (bicyclic) bond motifs is 13. The third-order valence-corrected chi connectivity index (χ3v) is 20.9. The van der Waals surface area contributed by atoms with Crippen LogP contribution in [0.25, 0.3) is 164 Å². The molecule has 0 aliphatic rings. The summed E-state index contributed by atoms with van der Waals surface area (Å²) in [6, 6.07) is 115. The summed E-state index contributed by atoms with van der Waals surface area (Å²) in [5, 5.41) is 17.8. The van der Waals surface area contributed by atoms with Gasteiger partial charge in [0.2, 0.25) is 0 Å². The molecule has 3 heterocycles. The summed E-state index contributed by atoms with van der Waals surface area (Å²) in [6.07, 6.45) is 0. The zero-order valence-electron chi connectivity index (χ0n) is 54.2. The van der Waals surface area contributed by atoms with E-state index in [0.717, 1.165) is 20.3 Å². The molecule has 19 aromatic rings. The van der Waals surface area contributed by atoms with Crippen LogP contribution in [0, 0.1) is 27.7 Å². The molecule has 1 N–H and O–H groups in total. The lowest BCUT2D eigenvalue weighted by atomic mass is 9.83. The van der Waals surface area contributed by atoms with Crippen LogP contribution in [0.15, 0.2) is 324 Å². The fourth-order valence-corrected chi connectivity index (χ4v) is 16.2. The molecule has 97 heavy (non-hydrogen) atoms. The van der Waals surface area contributed by atoms with Gasteiger partial charge in [-0.3, -0.25) is 0 Å². The van der Waals surface area contributed by atoms with Crippen LogP contribution in [-0.4, -0.2) is 14.1 Å². The van der Waals surface area contributed by atoms with Crippen molar-refractivity contribution in [2.75, 3.05) is 0 Å². The van der Waals surface area contributed by atoms with E-state index in [0.29, 0.717) is 0 Å². The van der Waals surface area contributed by atoms with E-state index < -0.39 is 0 Å². The Hall–Kier alpha value is -11.1. The Kier molecular flexibility index (Phi) is 15.1. The summed E-state index contributed by atoms with van der Waals surface area (Å²) in [5.41, 5.74) is 24.9. The maximum atomic E-state index is 3.72. The van der Waals surface area contributed by atoms with E-state index in [1.807, 2.05) is 0 Å². The number of benzene rings is 16. The van der Waals surface area contributed by atoms with Crippen LogP contribution >= 0.6 is 31.9 Å². The number of halogens is 2. The highest BCUT2D eigenvalue weighted by Gasteiger charge is 2.24. The van der Waals surface area contributed by atoms with E-state index in [2.05, 4.69) is 389 Å². The summed E-state index contributed by atoms with van der Waals surface area (Å²) < 4.78 is 7.07. The summed E-state index contributed by atoms with van der Waals surface area (Å²) in [7, 11) is 0. The van der Waals surface area contributed by atoms with Crippen LogP contribution in [0.2, 0.25) is 0 Å². The first kappa shape index (κ1) is 59.6. The third kappa shape index (κ3) is 10.2. The minimum absolute atomic E-state index is 1.09. The lowest BCUT2D eigenvalue weighted by Crippen LogP contribution is -1.99. The number of rotatable bonds is 6. The largest absolute Gasteiger partial charge is 0.355 e. The van der Waals surface area contributed by atoms with Gasteiger partial charge in [0.15, 0.2) is 0 Å². The van der Waals surface area contributed by atoms with Crippen molar-refractivity contribution in [1.29, 1.82) is 0 Å². The van der Waals surface area contributed by atoms with Gasteiger partial charge in [0.25, 0.3) is 0 Å². The summed E-state index contributed by atoms with van der Waals surface area (Å²) >= 11 is 7.44. The first-order valence-corrected chi connectivity index (χ1v) is 34.8. The molecule has 0 bridgehead atoms. The number of hydrogen-bond donors (Lipinski definition) is 1. The Morgan fingerprint density at radius 1 is 0.216 bits per heavy atom. The van der Waals surface area contributed by atoms with Gasteiger partial charge in [0, 0.05) is 63.7 Å². The average molecular weight is 1370 g/mol. The second-order valence-corrected chi connectivity index (χ2v) is 27.4. The lowest BCUT2D eigenvalue weighted by molar-refractivity contribution is 1.18. The molecule has 462 valence electrons. The molecule has 0 unspecified atom stereocenters. The maximum Gasteiger partial charge on any atom is 0.0541 e. The fraction of sp³-hybridized carbons (Fsp3) is 0.0435. The van der Waals surface area contributed by atoms with Gasteiger partial charge in [-0.05, 0) is 222 Å². The quantitative estimate of drug-likeness (QED) is 0.161. The van der Waals surface area contributed by atoms with Crippen molar-refractivity contribution in [2.45, 2.75) is 27.7 Å². The van der Waals surface area contributed by atoms with E-state index in [-0.39, 0.29) is 0 Å². The zero-order valence-corrected chi connectivity index (χ0v) is 57.3. The molecule has 0 fully saturated rings. The zero-order chi connectivity index (χ0) is 65.4. The van der Waals surface area contributed by atoms with Gasteiger partial charge < -0.3 is 14.1 Å². The topological polar surface area (TPSA) is 25.6 Å². The third-order valence-electron chi connectivity index (χ3n) is 19.9. The Balaban J connectivity index is 0.000000137. The van der Waals surface area contributed by atoms with Crippen LogP contribution in [0.3, 0.4) is 0 Å². The van der Waals surface area contributed by atoms with Crippen molar-refractivity contribution in [2.24, 2.45) is 0 Å². The summed E-state index contributed by atoms with van der Waals surface area (Å²) in [6.45, 7) is 8.87. The van der Waals surface area contributed by atoms with E-state index >= 15 is 0 Å². The molecule has 3 aromatic heterocycles. The number of aryl methyl sites for hydroxylation is 4. The molecule has 0 radical (unpaired) electrons. The van der Waals surface area contributed by atoms with Crippen LogP contribution in [0.4, 0.5) is 0 Å². The van der Waals surface area contributed by atoms with E-state index in [1.54, 1.807) is 0 Å². The van der Waals surface area contributed by atoms with Gasteiger partial charge in [0.1, 0.15) is 0 Å². The van der Waals surface area contributed by atoms with E-state index in [4.69, 9.17) is 0 Å². The van der Waals surface area contributed by atoms with Gasteiger partial charge in [-0.1, -0.05) is 262 Å². The Bertz CT molecular complexity index is 5870. The second kappa shape index (κ2) is 24.6. The standard InChI is InChI=1S/C52H36N2.C28H20Br2.C12H9N/c1-33-15-3-5-17-37(33)51-43-29-27-36(54-49-25-13-9-21-41(49)42-22-10-14-26-50(42)54)32-46(43)52(38-18-6-4-16-34(38)2)44-30-28-35(31-45(44)51)53-47-23-11-7-19-39(47)40-20-8-12-24-48(40)53;1-17-7-3-5-9-21(17)27-23-13-11-20(30)16-26(23)28(22-10-6-4-8-18(22)2)24-14-12-19(29)15-25(24)27;1-3-7-11-9(5-1)10-6-2-4-8-12(10)13-11/h3-32H,1-2H3;3-16H,1-2H3;1-8,13H. The molecule has 0 spiro atoms. The van der Waals surface area contributed by atoms with Crippen molar-refractivity contribution in [3.63, 3.8) is 0 Å². The monoisotopic (exact) mass is 1370 g/mol. The molecule has 19 rings (SSSR count). The molecule has 0 saturated heterocycles. The van der Waals surface area contributed by atoms with E-state index in [1.165, 1.54) is 175 Å². The van der Waals surface area contributed by atoms with Gasteiger partial charge in [-0.2, -0.15) is 0 Å². The highest BCUT2D eigenvalue weighted by molar-refractivity contribution is 9.10. The van der Waals surface area contributed by atoms with Crippen LogP contribution < -0.4 is 0 Å². The first-order valence-electron chi connectivity index (χ1n) is 33.2. The van der Waals surface area contributed by atoms with Crippen molar-refractivity contribution in [3.8, 4) is 55.9 Å². The molecule has 0 amide bonds. The number of para-hydroxylation sites is 6. The smallest absolute Gasteiger partial charge is 0.0541 e. The van der Waals surface area contributed by atoms with Crippen LogP contribution in [0.5, 0.6) is 0 Å². The molecule has 5 heteroatoms. The van der Waals surface area contributed by atoms with Crippen molar-refractivity contribution in [3.05, 3.63) is 347 Å². The first-order chi connectivity index (χ1) is 47.6. The van der Waals surface area contributed by atoms with Crippen molar-refractivity contribution >= 4 is 140 Å². The predicted molar refractivity (Wildman–Crippen MR) is 423 cm³/mol. The highest BCUT2D eigenvalue weighted by Crippen LogP contribution is 2.50. The fourth-order valence-electron chi connectivity index (χ4n) is 15.4. The van der Waals surface area contributed by atoms with E-state index in [9.17, 15) is 0 Å². The summed E-state index contributed by atoms with van der Waals surface area (Å²) in [4.78, 5) is 3.38. The molecule has 16 aromatic carbocycles. The average Bonchev–Trinajstić information content (AvgIpc) is 1.64. The molecule has 0 aliphatic heterocycles. The van der Waals surface area contributed by atoms with Crippen LogP contribution in [-0.2, 0) is 0 Å². The summed E-state index contributed by atoms with van der Waals surface area (Å²) in [5.74, 6) is 0. The molecular formula is C92H65Br2N3. The van der Waals surface area contributed by atoms with Gasteiger partial charge in [-0.15, -0.1) is 0 Å². The Morgan fingerprint density at radius 3 is 0.773 bits per heavy atom. The Morgan fingerprint density at radius 2 is 0.464 bits per heavy atom. The predicted octanol–water partition coefficient (Wildman–Crippen LogP) is 26.9. The minimum atomic E-state index is 1.09. The Labute approximate surface area is 580 Å². The van der Waals surface area contributed by atoms with Gasteiger partial charge >= 0.3 is 0 Å². The van der Waals surface area contributed by atoms with Crippen LogP contribution in [0.1, 0.15) is 22.3 Å². The number of H-pyrrole nitrogens is 1. The maximum absolute atomic E-state index is 3.72. The number of nitrogens with one attached hydrogen (secondary N) is 1. The number of aromatic amines is 1. The SMILES string of the molecule is Cc1ccccc1-c1c2ccc(-n3c4ccccc4c4ccccc43)cc2c(-c2ccccc2C)c2ccc(-n3c4ccccc4c4ccccc43)cc12.Cc1ccccc1-c1c2ccc(Br)cc2c(-c2ccccc2C)c2ccc(Br)cc12.c1ccc2c(c1)[nH]c1ccccc12. The molecule has 3 nitrogen and oxygen atoms in total. The molecule has 0 atom stereocenters. The second-order valence-electron chi connectivity index (χ2n) is 25.6. The molecular weight excluding hydrogens is 1310 g/mol. The van der Waals surface area contributed by atoms with Gasteiger partial charge in [-0.25, -0.2) is 0 Å². The number of hydrogen-bond acceptors (Lipinski definition) is 0.